The van der Waals surface area contributed by atoms with E-state index in [-0.39, 0.29) is 43.5 Å². The van der Waals surface area contributed by atoms with Crippen molar-refractivity contribution in [2.45, 2.75) is 4.90 Å². The van der Waals surface area contributed by atoms with Crippen LogP contribution in [0.4, 0.5) is 15.8 Å². The molecule has 0 spiro atoms. The molecule has 0 saturated carbocycles. The van der Waals surface area contributed by atoms with Gasteiger partial charge in [0.2, 0.25) is 15.9 Å². The number of nitrogens with zero attached hydrogens (tertiary/aromatic N) is 2. The molecule has 0 bridgehead atoms. The molecule has 3 aromatic rings. The molecular formula is C25H25FN4O4S. The summed E-state index contributed by atoms with van der Waals surface area (Å²) in [6, 6.07) is 20.4. The molecule has 2 N–H and O–H groups in total. The zero-order valence-corrected chi connectivity index (χ0v) is 19.7. The molecule has 0 aromatic heterocycles. The van der Waals surface area contributed by atoms with Crippen LogP contribution in [0.5, 0.6) is 0 Å². The minimum absolute atomic E-state index is 0.0493. The number of sulfonamides is 1. The fraction of sp³-hybridized carbons (Fsp3) is 0.200. The van der Waals surface area contributed by atoms with Crippen LogP contribution in [0.3, 0.4) is 0 Å². The van der Waals surface area contributed by atoms with Crippen LogP contribution in [-0.4, -0.2) is 62.2 Å². The summed E-state index contributed by atoms with van der Waals surface area (Å²) in [5.41, 5.74) is 1.26. The highest BCUT2D eigenvalue weighted by Gasteiger charge is 2.30. The number of hydrogen-bond acceptors (Lipinski definition) is 5. The predicted octanol–water partition coefficient (Wildman–Crippen LogP) is 3.02. The highest BCUT2D eigenvalue weighted by molar-refractivity contribution is 7.89. The third-order valence-corrected chi connectivity index (χ3v) is 7.59. The van der Waals surface area contributed by atoms with Gasteiger partial charge in [0.05, 0.1) is 17.0 Å². The lowest BCUT2D eigenvalue weighted by Crippen LogP contribution is -2.51. The van der Waals surface area contributed by atoms with Crippen molar-refractivity contribution in [1.29, 1.82) is 0 Å². The van der Waals surface area contributed by atoms with E-state index >= 15 is 0 Å². The first-order chi connectivity index (χ1) is 16.8. The average molecular weight is 497 g/mol. The van der Waals surface area contributed by atoms with Crippen molar-refractivity contribution in [2.75, 3.05) is 43.4 Å². The van der Waals surface area contributed by atoms with Gasteiger partial charge in [-0.1, -0.05) is 30.3 Å². The highest BCUT2D eigenvalue weighted by atomic mass is 32.2. The van der Waals surface area contributed by atoms with Crippen LogP contribution >= 0.6 is 0 Å². The van der Waals surface area contributed by atoms with Crippen molar-refractivity contribution >= 4 is 33.2 Å². The third kappa shape index (κ3) is 5.84. The molecule has 10 heteroatoms. The van der Waals surface area contributed by atoms with Gasteiger partial charge < -0.3 is 15.5 Å². The Hall–Kier alpha value is -3.76. The van der Waals surface area contributed by atoms with Crippen LogP contribution in [-0.2, 0) is 14.8 Å². The molecule has 0 atom stereocenters. The number of amides is 2. The summed E-state index contributed by atoms with van der Waals surface area (Å²) in [6.45, 7) is 0.921. The van der Waals surface area contributed by atoms with Crippen LogP contribution in [0.25, 0.3) is 0 Å². The summed E-state index contributed by atoms with van der Waals surface area (Å²) in [5.74, 6) is -0.996. The Balaban J connectivity index is 1.33. The zero-order chi connectivity index (χ0) is 24.8. The van der Waals surface area contributed by atoms with E-state index < -0.39 is 21.7 Å². The number of anilines is 2. The molecule has 0 aliphatic carbocycles. The molecule has 35 heavy (non-hydrogen) atoms. The third-order valence-electron chi connectivity index (χ3n) is 5.68. The maximum Gasteiger partial charge on any atom is 0.257 e. The fourth-order valence-corrected chi connectivity index (χ4v) is 5.21. The molecule has 4 rings (SSSR count). The fourth-order valence-electron chi connectivity index (χ4n) is 3.77. The van der Waals surface area contributed by atoms with Crippen molar-refractivity contribution < 1.29 is 22.4 Å². The van der Waals surface area contributed by atoms with E-state index in [2.05, 4.69) is 10.6 Å². The zero-order valence-electron chi connectivity index (χ0n) is 18.9. The van der Waals surface area contributed by atoms with Crippen LogP contribution in [0, 0.1) is 5.82 Å². The summed E-state index contributed by atoms with van der Waals surface area (Å²) >= 11 is 0. The summed E-state index contributed by atoms with van der Waals surface area (Å²) in [4.78, 5) is 27.3. The number of hydrogen-bond donors (Lipinski definition) is 2. The maximum absolute atomic E-state index is 13.1. The van der Waals surface area contributed by atoms with Gasteiger partial charge in [-0.25, -0.2) is 12.8 Å². The van der Waals surface area contributed by atoms with Gasteiger partial charge in [0, 0.05) is 37.6 Å². The molecule has 1 heterocycles. The molecule has 1 fully saturated rings. The summed E-state index contributed by atoms with van der Waals surface area (Å²) in [6.07, 6.45) is 0. The Labute approximate surface area is 203 Å². The van der Waals surface area contributed by atoms with E-state index in [9.17, 15) is 22.4 Å². The monoisotopic (exact) mass is 496 g/mol. The predicted molar refractivity (Wildman–Crippen MR) is 131 cm³/mol. The van der Waals surface area contributed by atoms with Crippen LogP contribution in [0.1, 0.15) is 10.4 Å². The molecule has 182 valence electrons. The number of nitrogens with one attached hydrogen (secondary N) is 2. The quantitative estimate of drug-likeness (QED) is 0.524. The van der Waals surface area contributed by atoms with E-state index in [1.807, 2.05) is 0 Å². The van der Waals surface area contributed by atoms with Gasteiger partial charge in [-0.15, -0.1) is 0 Å². The standard InChI is InChI=1S/C25H25FN4O4S/c26-19-10-12-20(13-11-19)28-25(32)22-8-4-5-9-23(22)27-18-24(31)29-14-16-30(17-15-29)35(33,34)21-6-2-1-3-7-21/h1-13,27H,14-18H2,(H,28,32). The highest BCUT2D eigenvalue weighted by Crippen LogP contribution is 2.19. The molecule has 1 aliphatic heterocycles. The normalized spacial score (nSPS) is 14.4. The minimum Gasteiger partial charge on any atom is -0.376 e. The molecule has 0 radical (unpaired) electrons. The van der Waals surface area contributed by atoms with E-state index in [4.69, 9.17) is 0 Å². The smallest absolute Gasteiger partial charge is 0.257 e. The van der Waals surface area contributed by atoms with Gasteiger partial charge in [-0.3, -0.25) is 9.59 Å². The topological polar surface area (TPSA) is 98.8 Å². The van der Waals surface area contributed by atoms with Crippen molar-refractivity contribution in [1.82, 2.24) is 9.21 Å². The lowest BCUT2D eigenvalue weighted by Gasteiger charge is -2.34. The molecule has 1 saturated heterocycles. The van der Waals surface area contributed by atoms with Crippen LogP contribution in [0.2, 0.25) is 0 Å². The Bertz CT molecular complexity index is 1290. The van der Waals surface area contributed by atoms with E-state index in [0.29, 0.717) is 16.9 Å². The van der Waals surface area contributed by atoms with Crippen LogP contribution < -0.4 is 10.6 Å². The molecule has 1 aliphatic rings. The van der Waals surface area contributed by atoms with Crippen molar-refractivity contribution in [2.24, 2.45) is 0 Å². The second-order valence-electron chi connectivity index (χ2n) is 7.96. The van der Waals surface area contributed by atoms with Gasteiger partial charge in [-0.05, 0) is 48.5 Å². The van der Waals surface area contributed by atoms with Crippen molar-refractivity contribution in [3.63, 3.8) is 0 Å². The summed E-state index contributed by atoms with van der Waals surface area (Å²) in [5, 5.41) is 5.72. The van der Waals surface area contributed by atoms with Crippen molar-refractivity contribution in [3.05, 3.63) is 90.2 Å². The SMILES string of the molecule is O=C(Nc1ccc(F)cc1)c1ccccc1NCC(=O)N1CCN(S(=O)(=O)c2ccccc2)CC1. The van der Waals surface area contributed by atoms with Gasteiger partial charge >= 0.3 is 0 Å². The summed E-state index contributed by atoms with van der Waals surface area (Å²) < 4.78 is 40.0. The molecular weight excluding hydrogens is 471 g/mol. The van der Waals surface area contributed by atoms with Crippen molar-refractivity contribution in [3.8, 4) is 0 Å². The van der Waals surface area contributed by atoms with E-state index in [1.54, 1.807) is 59.5 Å². The number of carbonyl (C=O) groups excluding carboxylic acids is 2. The Morgan fingerprint density at radius 2 is 1.46 bits per heavy atom. The number of benzene rings is 3. The molecule has 2 amide bonds. The first-order valence-corrected chi connectivity index (χ1v) is 12.5. The minimum atomic E-state index is -3.60. The van der Waals surface area contributed by atoms with Crippen LogP contribution in [0.15, 0.2) is 83.8 Å². The molecule has 8 nitrogen and oxygen atoms in total. The number of carbonyl (C=O) groups is 2. The Morgan fingerprint density at radius 1 is 0.829 bits per heavy atom. The second kappa shape index (κ2) is 10.7. The molecule has 3 aromatic carbocycles. The van der Waals surface area contributed by atoms with E-state index in [1.165, 1.54) is 28.6 Å². The first kappa shape index (κ1) is 24.4. The molecule has 0 unspecified atom stereocenters. The number of para-hydroxylation sites is 1. The van der Waals surface area contributed by atoms with E-state index in [0.717, 1.165) is 0 Å². The lowest BCUT2D eigenvalue weighted by atomic mass is 10.1. The van der Waals surface area contributed by atoms with Gasteiger partial charge in [0.1, 0.15) is 5.82 Å². The van der Waals surface area contributed by atoms with Gasteiger partial charge in [-0.2, -0.15) is 4.31 Å². The number of rotatable bonds is 7. The number of piperazine rings is 1. The Morgan fingerprint density at radius 3 is 2.14 bits per heavy atom. The van der Waals surface area contributed by atoms with Gasteiger partial charge in [0.25, 0.3) is 5.91 Å². The maximum atomic E-state index is 13.1. The second-order valence-corrected chi connectivity index (χ2v) is 9.90. The summed E-state index contributed by atoms with van der Waals surface area (Å²) in [7, 11) is -3.60. The van der Waals surface area contributed by atoms with Gasteiger partial charge in [0.15, 0.2) is 0 Å². The number of halogens is 1. The lowest BCUT2D eigenvalue weighted by molar-refractivity contribution is -0.130. The first-order valence-electron chi connectivity index (χ1n) is 11.1. The average Bonchev–Trinajstić information content (AvgIpc) is 2.89. The Kier molecular flexibility index (Phi) is 7.42. The largest absolute Gasteiger partial charge is 0.376 e.